The van der Waals surface area contributed by atoms with Crippen molar-refractivity contribution in [2.45, 2.75) is 78.0 Å². The predicted molar refractivity (Wildman–Crippen MR) is 163 cm³/mol. The van der Waals surface area contributed by atoms with Crippen molar-refractivity contribution in [3.05, 3.63) is 53.9 Å². The van der Waals surface area contributed by atoms with E-state index in [-0.39, 0.29) is 30.2 Å². The summed E-state index contributed by atoms with van der Waals surface area (Å²) in [6.45, 7) is 6.37. The summed E-state index contributed by atoms with van der Waals surface area (Å²) in [7, 11) is 1.31. The second-order valence-electron chi connectivity index (χ2n) is 11.1. The van der Waals surface area contributed by atoms with E-state index < -0.39 is 66.7 Å². The molecule has 1 aromatic heterocycles. The summed E-state index contributed by atoms with van der Waals surface area (Å²) in [5, 5.41) is 2.44. The quantitative estimate of drug-likeness (QED) is 0.188. The average Bonchev–Trinajstić information content (AvgIpc) is 3.07. The third-order valence-electron chi connectivity index (χ3n) is 7.17. The van der Waals surface area contributed by atoms with E-state index in [4.69, 9.17) is 28.4 Å². The molecule has 1 saturated heterocycles. The van der Waals surface area contributed by atoms with E-state index >= 15 is 0 Å². The number of methoxy groups -OCH3 is 1. The van der Waals surface area contributed by atoms with Crippen molar-refractivity contribution in [2.24, 2.45) is 11.8 Å². The molecule has 4 unspecified atom stereocenters. The molecule has 250 valence electrons. The van der Waals surface area contributed by atoms with Crippen molar-refractivity contribution in [2.75, 3.05) is 20.3 Å². The van der Waals surface area contributed by atoms with E-state index in [0.717, 1.165) is 24.8 Å². The van der Waals surface area contributed by atoms with E-state index in [1.165, 1.54) is 26.3 Å². The smallest absolute Gasteiger partial charge is 0.493 e. The Morgan fingerprint density at radius 2 is 1.78 bits per heavy atom. The highest BCUT2D eigenvalue weighted by molar-refractivity contribution is 5.98. The fourth-order valence-electron chi connectivity index (χ4n) is 4.63. The number of hydrogen-bond acceptors (Lipinski definition) is 12. The largest absolute Gasteiger partial charge is 0.514 e. The summed E-state index contributed by atoms with van der Waals surface area (Å²) in [6.07, 6.45) is 1.60. The minimum Gasteiger partial charge on any atom is -0.493 e. The number of cyclic esters (lactones) is 2. The zero-order valence-corrected chi connectivity index (χ0v) is 26.8. The highest BCUT2D eigenvalue weighted by Crippen LogP contribution is 2.30. The van der Waals surface area contributed by atoms with Gasteiger partial charge in [-0.05, 0) is 25.3 Å². The van der Waals surface area contributed by atoms with Gasteiger partial charge in [-0.3, -0.25) is 14.4 Å². The fraction of sp³-hybridized carbons (Fsp3) is 0.515. The van der Waals surface area contributed by atoms with Crippen LogP contribution in [0.3, 0.4) is 0 Å². The van der Waals surface area contributed by atoms with E-state index in [9.17, 15) is 24.0 Å². The van der Waals surface area contributed by atoms with Crippen LogP contribution in [0.25, 0.3) is 0 Å². The molecule has 0 saturated carbocycles. The molecule has 2 aromatic rings. The van der Waals surface area contributed by atoms with Gasteiger partial charge in [-0.2, -0.15) is 0 Å². The lowest BCUT2D eigenvalue weighted by Gasteiger charge is -2.29. The minimum atomic E-state index is -1.48. The topological polar surface area (TPSA) is 166 Å². The number of carbonyl (C=O) groups excluding carboxylic acids is 5. The van der Waals surface area contributed by atoms with Gasteiger partial charge in [0.05, 0.1) is 19.6 Å². The van der Waals surface area contributed by atoms with Crippen LogP contribution >= 0.6 is 0 Å². The molecule has 1 amide bonds. The molecule has 0 bridgehead atoms. The molecule has 1 N–H and O–H groups in total. The maximum Gasteiger partial charge on any atom is 0.514 e. The molecule has 13 nitrogen and oxygen atoms in total. The van der Waals surface area contributed by atoms with Crippen LogP contribution in [0.1, 0.15) is 69.4 Å². The van der Waals surface area contributed by atoms with Crippen molar-refractivity contribution in [3.63, 3.8) is 0 Å². The Labute approximate surface area is 268 Å². The Bertz CT molecular complexity index is 1350. The maximum absolute atomic E-state index is 13.4. The number of aromatic nitrogens is 1. The first-order valence-electron chi connectivity index (χ1n) is 15.4. The minimum absolute atomic E-state index is 0.0127. The number of nitrogens with zero attached hydrogens (tertiary/aromatic N) is 1. The molecule has 2 heterocycles. The van der Waals surface area contributed by atoms with Crippen LogP contribution < -0.4 is 14.8 Å². The lowest BCUT2D eigenvalue weighted by molar-refractivity contribution is -0.176. The van der Waals surface area contributed by atoms with Gasteiger partial charge in [0, 0.05) is 12.3 Å². The Morgan fingerprint density at radius 1 is 1.04 bits per heavy atom. The Hall–Kier alpha value is -4.68. The van der Waals surface area contributed by atoms with Gasteiger partial charge in [0.1, 0.15) is 18.6 Å². The van der Waals surface area contributed by atoms with Crippen LogP contribution in [0.2, 0.25) is 0 Å². The highest BCUT2D eigenvalue weighted by atomic mass is 16.7. The molecule has 1 aromatic carbocycles. The first kappa shape index (κ1) is 35.8. The number of nitrogens with one attached hydrogen (secondary N) is 1. The van der Waals surface area contributed by atoms with Crippen molar-refractivity contribution < 1.29 is 52.4 Å². The van der Waals surface area contributed by atoms with Gasteiger partial charge in [0.25, 0.3) is 5.91 Å². The van der Waals surface area contributed by atoms with Gasteiger partial charge in [-0.25, -0.2) is 14.6 Å². The van der Waals surface area contributed by atoms with Gasteiger partial charge >= 0.3 is 24.1 Å². The van der Waals surface area contributed by atoms with Crippen molar-refractivity contribution in [1.29, 1.82) is 0 Å². The predicted octanol–water partition coefficient (Wildman–Crippen LogP) is 4.20. The Kier molecular flexibility index (Phi) is 13.8. The number of unbranched alkanes of at least 4 members (excludes halogenated alkanes) is 3. The standard InChI is InChI=1S/C33H42N2O11/c1-6-7-8-12-17-42-33(40)46-28-25(41-5)15-16-34-26(28)29(36)35-24-19-43-31(38)23(18-22-13-10-9-11-14-22)27(21(4)44-32(24)39)45-30(37)20(2)3/h9-11,13-16,20-21,23-24,27H,6-8,12,17-19H2,1-5H3,(H,35,36). The Morgan fingerprint density at radius 3 is 2.46 bits per heavy atom. The number of esters is 3. The van der Waals surface area contributed by atoms with E-state index in [0.29, 0.717) is 6.42 Å². The van der Waals surface area contributed by atoms with Crippen LogP contribution in [0.4, 0.5) is 4.79 Å². The third kappa shape index (κ3) is 10.2. The van der Waals surface area contributed by atoms with E-state index in [1.54, 1.807) is 26.0 Å². The molecular weight excluding hydrogens is 600 g/mol. The number of hydrogen-bond donors (Lipinski definition) is 1. The zero-order valence-electron chi connectivity index (χ0n) is 26.8. The summed E-state index contributed by atoms with van der Waals surface area (Å²) < 4.78 is 32.5. The van der Waals surface area contributed by atoms with E-state index in [1.807, 2.05) is 18.2 Å². The third-order valence-corrected chi connectivity index (χ3v) is 7.17. The molecule has 13 heteroatoms. The normalized spacial score (nSPS) is 19.9. The summed E-state index contributed by atoms with van der Waals surface area (Å²) in [5.41, 5.74) is 0.383. The summed E-state index contributed by atoms with van der Waals surface area (Å²) in [6, 6.07) is 8.94. The molecule has 0 radical (unpaired) electrons. The number of ether oxygens (including phenoxy) is 6. The van der Waals surface area contributed by atoms with Crippen molar-refractivity contribution in [1.82, 2.24) is 10.3 Å². The zero-order chi connectivity index (χ0) is 33.6. The second kappa shape index (κ2) is 17.7. The van der Waals surface area contributed by atoms with Crippen LogP contribution in [-0.4, -0.2) is 73.5 Å². The maximum atomic E-state index is 13.4. The van der Waals surface area contributed by atoms with Crippen LogP contribution in [0.5, 0.6) is 11.5 Å². The number of benzene rings is 1. The summed E-state index contributed by atoms with van der Waals surface area (Å²) >= 11 is 0. The number of pyridine rings is 1. The molecule has 4 atom stereocenters. The molecule has 1 aliphatic rings. The van der Waals surface area contributed by atoms with E-state index in [2.05, 4.69) is 17.2 Å². The number of carbonyl (C=O) groups is 5. The Balaban J connectivity index is 1.82. The molecule has 46 heavy (non-hydrogen) atoms. The van der Waals surface area contributed by atoms with Gasteiger partial charge in [-0.1, -0.05) is 70.4 Å². The first-order valence-corrected chi connectivity index (χ1v) is 15.4. The average molecular weight is 643 g/mol. The molecule has 1 fully saturated rings. The number of amides is 1. The van der Waals surface area contributed by atoms with Crippen molar-refractivity contribution >= 4 is 30.0 Å². The summed E-state index contributed by atoms with van der Waals surface area (Å²) in [4.78, 5) is 69.2. The highest BCUT2D eigenvalue weighted by Gasteiger charge is 2.42. The van der Waals surface area contributed by atoms with Crippen LogP contribution in [0, 0.1) is 11.8 Å². The van der Waals surface area contributed by atoms with Crippen LogP contribution in [-0.2, 0) is 39.8 Å². The SMILES string of the molecule is CCCCCCOC(=O)Oc1c(OC)ccnc1C(=O)NC1COC(=O)C(Cc2ccccc2)C(OC(=O)C(C)C)C(C)OC1=O. The van der Waals surface area contributed by atoms with Crippen LogP contribution in [0.15, 0.2) is 42.6 Å². The molecule has 0 spiro atoms. The van der Waals surface area contributed by atoms with Gasteiger partial charge in [0.2, 0.25) is 5.75 Å². The van der Waals surface area contributed by atoms with Crippen molar-refractivity contribution in [3.8, 4) is 11.5 Å². The van der Waals surface area contributed by atoms with Gasteiger partial charge < -0.3 is 33.7 Å². The molecule has 0 aliphatic carbocycles. The van der Waals surface area contributed by atoms with Gasteiger partial charge in [-0.15, -0.1) is 0 Å². The molecule has 3 rings (SSSR count). The lowest BCUT2D eigenvalue weighted by Crippen LogP contribution is -2.47. The fourth-order valence-corrected chi connectivity index (χ4v) is 4.63. The molecular formula is C33H42N2O11. The first-order chi connectivity index (χ1) is 22.0. The molecule has 1 aliphatic heterocycles. The summed E-state index contributed by atoms with van der Waals surface area (Å²) in [5.74, 6) is -5.07. The number of rotatable bonds is 13. The second-order valence-corrected chi connectivity index (χ2v) is 11.1. The van der Waals surface area contributed by atoms with Gasteiger partial charge in [0.15, 0.2) is 23.6 Å². The monoisotopic (exact) mass is 642 g/mol. The lowest BCUT2D eigenvalue weighted by atomic mass is 9.91.